The van der Waals surface area contributed by atoms with Crippen LogP contribution in [0.25, 0.3) is 5.57 Å². The molecule has 3 aromatic rings. The van der Waals surface area contributed by atoms with Crippen molar-refractivity contribution in [2.24, 2.45) is 0 Å². The third-order valence-electron chi connectivity index (χ3n) is 4.50. The number of anilines is 2. The second-order valence-corrected chi connectivity index (χ2v) is 7.13. The fourth-order valence-corrected chi connectivity index (χ4v) is 3.84. The lowest BCUT2D eigenvalue weighted by molar-refractivity contribution is -0.120. The summed E-state index contributed by atoms with van der Waals surface area (Å²) in [6, 6.07) is 20.7. The Kier molecular flexibility index (Phi) is 4.60. The summed E-state index contributed by atoms with van der Waals surface area (Å²) in [4.78, 5) is 28.3. The normalized spacial score (nSPS) is 14.2. The van der Waals surface area contributed by atoms with E-state index in [0.717, 1.165) is 17.0 Å². The molecule has 4 rings (SSSR count). The molecule has 1 N–H and O–H groups in total. The van der Waals surface area contributed by atoms with Crippen LogP contribution in [0.15, 0.2) is 77.8 Å². The molecule has 0 atom stereocenters. The molecule has 0 saturated heterocycles. The standard InChI is InChI=1S/C22H18N2O2S/c1-2-15-10-12-16(13-11-15)23-20-19(18-9-6-14-27-18)21(25)24(22(20)26)17-7-4-3-5-8-17/h3-14,23H,2H2,1H3. The Morgan fingerprint density at radius 2 is 1.63 bits per heavy atom. The van der Waals surface area contributed by atoms with E-state index in [0.29, 0.717) is 17.0 Å². The highest BCUT2D eigenvalue weighted by atomic mass is 32.1. The molecule has 4 nitrogen and oxygen atoms in total. The Labute approximate surface area is 161 Å². The van der Waals surface area contributed by atoms with E-state index in [9.17, 15) is 9.59 Å². The van der Waals surface area contributed by atoms with Crippen LogP contribution in [0.5, 0.6) is 0 Å². The van der Waals surface area contributed by atoms with Crippen LogP contribution in [0, 0.1) is 0 Å². The van der Waals surface area contributed by atoms with Crippen molar-refractivity contribution in [1.82, 2.24) is 0 Å². The minimum Gasteiger partial charge on any atom is -0.350 e. The number of amides is 2. The molecule has 0 bridgehead atoms. The summed E-state index contributed by atoms with van der Waals surface area (Å²) in [5, 5.41) is 5.09. The first kappa shape index (κ1) is 17.2. The predicted molar refractivity (Wildman–Crippen MR) is 110 cm³/mol. The van der Waals surface area contributed by atoms with Gasteiger partial charge in [0.15, 0.2) is 0 Å². The van der Waals surface area contributed by atoms with Gasteiger partial charge in [-0.3, -0.25) is 9.59 Å². The first-order valence-electron chi connectivity index (χ1n) is 8.77. The van der Waals surface area contributed by atoms with Crippen LogP contribution in [0.2, 0.25) is 0 Å². The monoisotopic (exact) mass is 374 g/mol. The summed E-state index contributed by atoms with van der Waals surface area (Å²) >= 11 is 1.45. The minimum atomic E-state index is -0.339. The van der Waals surface area contributed by atoms with Crippen molar-refractivity contribution in [2.45, 2.75) is 13.3 Å². The molecule has 1 aliphatic rings. The Balaban J connectivity index is 1.76. The number of nitrogens with zero attached hydrogens (tertiary/aromatic N) is 1. The molecular weight excluding hydrogens is 356 g/mol. The van der Waals surface area contributed by atoms with E-state index in [1.54, 1.807) is 12.1 Å². The number of aryl methyl sites for hydroxylation is 1. The maximum absolute atomic E-state index is 13.1. The molecule has 5 heteroatoms. The molecule has 0 fully saturated rings. The average molecular weight is 374 g/mol. The lowest BCUT2D eigenvalue weighted by Crippen LogP contribution is -2.32. The quantitative estimate of drug-likeness (QED) is 0.658. The second-order valence-electron chi connectivity index (χ2n) is 6.18. The minimum absolute atomic E-state index is 0.304. The number of thiophene rings is 1. The number of carbonyl (C=O) groups is 2. The molecule has 0 saturated carbocycles. The second kappa shape index (κ2) is 7.21. The fraction of sp³-hybridized carbons (Fsp3) is 0.0909. The van der Waals surface area contributed by atoms with E-state index in [-0.39, 0.29) is 11.8 Å². The molecule has 1 aromatic heterocycles. The summed E-state index contributed by atoms with van der Waals surface area (Å²) in [6.45, 7) is 2.09. The summed E-state index contributed by atoms with van der Waals surface area (Å²) < 4.78 is 0. The van der Waals surface area contributed by atoms with E-state index < -0.39 is 0 Å². The number of para-hydroxylation sites is 1. The van der Waals surface area contributed by atoms with Crippen LogP contribution in [0.1, 0.15) is 17.4 Å². The van der Waals surface area contributed by atoms with E-state index >= 15 is 0 Å². The third kappa shape index (κ3) is 3.17. The number of benzene rings is 2. The summed E-state index contributed by atoms with van der Waals surface area (Å²) in [5.74, 6) is -0.643. The molecule has 0 aliphatic carbocycles. The molecule has 2 aromatic carbocycles. The lowest BCUT2D eigenvalue weighted by Gasteiger charge is -2.15. The number of hydrogen-bond acceptors (Lipinski definition) is 4. The maximum Gasteiger partial charge on any atom is 0.282 e. The number of rotatable bonds is 5. The molecular formula is C22H18N2O2S. The van der Waals surface area contributed by atoms with Crippen LogP contribution in [-0.4, -0.2) is 11.8 Å². The highest BCUT2D eigenvalue weighted by Crippen LogP contribution is 2.35. The van der Waals surface area contributed by atoms with Crippen LogP contribution < -0.4 is 10.2 Å². The van der Waals surface area contributed by atoms with Gasteiger partial charge in [0.25, 0.3) is 11.8 Å². The zero-order chi connectivity index (χ0) is 18.8. The zero-order valence-corrected chi connectivity index (χ0v) is 15.6. The smallest absolute Gasteiger partial charge is 0.282 e. The van der Waals surface area contributed by atoms with Crippen molar-refractivity contribution in [3.05, 3.63) is 88.2 Å². The van der Waals surface area contributed by atoms with Crippen molar-refractivity contribution < 1.29 is 9.59 Å². The van der Waals surface area contributed by atoms with Gasteiger partial charge in [-0.15, -0.1) is 11.3 Å². The van der Waals surface area contributed by atoms with Crippen molar-refractivity contribution in [2.75, 3.05) is 10.2 Å². The summed E-state index contributed by atoms with van der Waals surface area (Å²) in [7, 11) is 0. The van der Waals surface area contributed by atoms with Gasteiger partial charge in [-0.2, -0.15) is 0 Å². The van der Waals surface area contributed by atoms with Crippen LogP contribution in [-0.2, 0) is 16.0 Å². The average Bonchev–Trinajstić information content (AvgIpc) is 3.30. The molecule has 1 aliphatic heterocycles. The van der Waals surface area contributed by atoms with Gasteiger partial charge in [-0.05, 0) is 47.7 Å². The largest absolute Gasteiger partial charge is 0.350 e. The molecule has 0 radical (unpaired) electrons. The van der Waals surface area contributed by atoms with E-state index in [4.69, 9.17) is 0 Å². The predicted octanol–water partition coefficient (Wildman–Crippen LogP) is 4.71. The summed E-state index contributed by atoms with van der Waals surface area (Å²) in [6.07, 6.45) is 0.947. The molecule has 0 unspecified atom stereocenters. The number of carbonyl (C=O) groups excluding carboxylic acids is 2. The number of nitrogens with one attached hydrogen (secondary N) is 1. The topological polar surface area (TPSA) is 49.4 Å². The van der Waals surface area contributed by atoms with Crippen molar-refractivity contribution in [1.29, 1.82) is 0 Å². The van der Waals surface area contributed by atoms with Crippen LogP contribution >= 0.6 is 11.3 Å². The van der Waals surface area contributed by atoms with E-state index in [1.165, 1.54) is 21.8 Å². The molecule has 27 heavy (non-hydrogen) atoms. The van der Waals surface area contributed by atoms with Crippen molar-refractivity contribution in [3.63, 3.8) is 0 Å². The Morgan fingerprint density at radius 1 is 0.889 bits per heavy atom. The van der Waals surface area contributed by atoms with Gasteiger partial charge in [-0.25, -0.2) is 4.90 Å². The number of imide groups is 1. The maximum atomic E-state index is 13.1. The fourth-order valence-electron chi connectivity index (χ4n) is 3.07. The molecule has 0 spiro atoms. The van der Waals surface area contributed by atoms with Crippen LogP contribution in [0.4, 0.5) is 11.4 Å². The Morgan fingerprint density at radius 3 is 2.26 bits per heavy atom. The first-order valence-corrected chi connectivity index (χ1v) is 9.65. The van der Waals surface area contributed by atoms with Crippen molar-refractivity contribution in [3.8, 4) is 0 Å². The number of hydrogen-bond donors (Lipinski definition) is 1. The van der Waals surface area contributed by atoms with Gasteiger partial charge in [0.2, 0.25) is 0 Å². The van der Waals surface area contributed by atoms with Crippen LogP contribution in [0.3, 0.4) is 0 Å². The van der Waals surface area contributed by atoms with Gasteiger partial charge in [-0.1, -0.05) is 43.3 Å². The highest BCUT2D eigenvalue weighted by Gasteiger charge is 2.40. The lowest BCUT2D eigenvalue weighted by atomic mass is 10.1. The molecule has 2 heterocycles. The Hall–Kier alpha value is -3.18. The van der Waals surface area contributed by atoms with Gasteiger partial charge < -0.3 is 5.32 Å². The first-order chi connectivity index (χ1) is 13.2. The van der Waals surface area contributed by atoms with Gasteiger partial charge >= 0.3 is 0 Å². The SMILES string of the molecule is CCc1ccc(NC2=C(c3cccs3)C(=O)N(c3ccccc3)C2=O)cc1. The molecule has 134 valence electrons. The summed E-state index contributed by atoms with van der Waals surface area (Å²) in [5.41, 5.74) is 3.30. The highest BCUT2D eigenvalue weighted by molar-refractivity contribution is 7.11. The molecule has 2 amide bonds. The Bertz CT molecular complexity index is 1010. The van der Waals surface area contributed by atoms with E-state index in [2.05, 4.69) is 12.2 Å². The van der Waals surface area contributed by atoms with Gasteiger partial charge in [0, 0.05) is 10.6 Å². The zero-order valence-electron chi connectivity index (χ0n) is 14.8. The van der Waals surface area contributed by atoms with Gasteiger partial charge in [0.1, 0.15) is 5.70 Å². The van der Waals surface area contributed by atoms with Gasteiger partial charge in [0.05, 0.1) is 11.3 Å². The van der Waals surface area contributed by atoms with Crippen molar-refractivity contribution >= 4 is 40.1 Å². The van der Waals surface area contributed by atoms with E-state index in [1.807, 2.05) is 60.0 Å². The third-order valence-corrected chi connectivity index (χ3v) is 5.38.